The molecule has 0 aromatic heterocycles. The minimum atomic E-state index is -0.586. The van der Waals surface area contributed by atoms with E-state index in [1.807, 2.05) is 6.08 Å². The smallest absolute Gasteiger partial charge is 0.0900 e. The topological polar surface area (TPSA) is 73.2 Å². The van der Waals surface area contributed by atoms with Crippen molar-refractivity contribution in [3.8, 4) is 0 Å². The van der Waals surface area contributed by atoms with Gasteiger partial charge in [-0.2, -0.15) is 0 Å². The van der Waals surface area contributed by atoms with Crippen molar-refractivity contribution in [2.24, 2.45) is 0 Å². The molecule has 0 fully saturated rings. The van der Waals surface area contributed by atoms with E-state index in [1.165, 1.54) is 0 Å². The lowest BCUT2D eigenvalue weighted by molar-refractivity contribution is 0.0109. The normalized spacial score (nSPS) is 12.9. The van der Waals surface area contributed by atoms with Crippen LogP contribution in [0.2, 0.25) is 0 Å². The fraction of sp³-hybridized carbons (Fsp3) is 0.833. The first kappa shape index (κ1) is 16.5. The summed E-state index contributed by atoms with van der Waals surface area (Å²) in [7, 11) is 0. The number of ether oxygens (including phenoxy) is 1. The maximum Gasteiger partial charge on any atom is 0.0900 e. The Morgan fingerprint density at radius 1 is 1.24 bits per heavy atom. The number of rotatable bonds is 12. The number of unbranched alkanes of at least 4 members (excludes halogenated alkanes) is 1. The zero-order valence-electron chi connectivity index (χ0n) is 10.4. The Kier molecular flexibility index (Phi) is 11.7. The number of hydrogen-bond acceptors (Lipinski definition) is 5. The van der Waals surface area contributed by atoms with Gasteiger partial charge >= 0.3 is 0 Å². The third-order valence-electron chi connectivity index (χ3n) is 2.31. The van der Waals surface area contributed by atoms with Gasteiger partial charge in [0.2, 0.25) is 0 Å². The molecule has 102 valence electrons. The minimum Gasteiger partial charge on any atom is -0.395 e. The number of aliphatic hydroxyl groups excluding tert-OH is 3. The van der Waals surface area contributed by atoms with Crippen LogP contribution in [0, 0.1) is 0 Å². The molecule has 0 amide bonds. The van der Waals surface area contributed by atoms with E-state index in [-0.39, 0.29) is 19.8 Å². The number of hydrogen-bond donors (Lipinski definition) is 3. The predicted octanol–water partition coefficient (Wildman–Crippen LogP) is -0.383. The monoisotopic (exact) mass is 247 g/mol. The van der Waals surface area contributed by atoms with Crippen molar-refractivity contribution in [1.29, 1.82) is 0 Å². The van der Waals surface area contributed by atoms with Gasteiger partial charge in [0.05, 0.1) is 25.9 Å². The minimum absolute atomic E-state index is 0.0207. The summed E-state index contributed by atoms with van der Waals surface area (Å²) < 4.78 is 5.31. The summed E-state index contributed by atoms with van der Waals surface area (Å²) in [6.07, 6.45) is 3.07. The summed E-state index contributed by atoms with van der Waals surface area (Å²) in [4.78, 5) is 1.80. The van der Waals surface area contributed by atoms with Gasteiger partial charge in [-0.05, 0) is 12.8 Å². The Balaban J connectivity index is 3.58. The third kappa shape index (κ3) is 10.4. The average Bonchev–Trinajstić information content (AvgIpc) is 2.29. The fourth-order valence-electron chi connectivity index (χ4n) is 1.48. The van der Waals surface area contributed by atoms with Crippen molar-refractivity contribution < 1.29 is 20.1 Å². The van der Waals surface area contributed by atoms with Gasteiger partial charge in [-0.25, -0.2) is 0 Å². The maximum atomic E-state index is 9.68. The van der Waals surface area contributed by atoms with E-state index in [0.29, 0.717) is 26.2 Å². The van der Waals surface area contributed by atoms with Crippen molar-refractivity contribution in [2.75, 3.05) is 46.1 Å². The molecule has 0 saturated carbocycles. The first-order chi connectivity index (χ1) is 8.24. The first-order valence-electron chi connectivity index (χ1n) is 6.05. The van der Waals surface area contributed by atoms with Crippen LogP contribution in [0.1, 0.15) is 12.8 Å². The Hall–Kier alpha value is -0.460. The van der Waals surface area contributed by atoms with Crippen molar-refractivity contribution in [3.05, 3.63) is 12.7 Å². The van der Waals surface area contributed by atoms with Crippen LogP contribution in [0.25, 0.3) is 0 Å². The highest BCUT2D eigenvalue weighted by Gasteiger charge is 2.10. The van der Waals surface area contributed by atoms with Crippen molar-refractivity contribution >= 4 is 0 Å². The van der Waals surface area contributed by atoms with Gasteiger partial charge in [-0.1, -0.05) is 6.08 Å². The molecule has 0 aliphatic heterocycles. The predicted molar refractivity (Wildman–Crippen MR) is 66.9 cm³/mol. The summed E-state index contributed by atoms with van der Waals surface area (Å²) in [5, 5.41) is 27.3. The molecule has 1 atom stereocenters. The second kappa shape index (κ2) is 12.0. The molecule has 0 bridgehead atoms. The van der Waals surface area contributed by atoms with Crippen LogP contribution in [-0.2, 0) is 4.74 Å². The number of allylic oxidation sites excluding steroid dienone is 1. The summed E-state index contributed by atoms with van der Waals surface area (Å²) >= 11 is 0. The first-order valence-corrected chi connectivity index (χ1v) is 6.05. The lowest BCUT2D eigenvalue weighted by Crippen LogP contribution is -2.38. The summed E-state index contributed by atoms with van der Waals surface area (Å²) in [6, 6.07) is 0. The molecule has 3 N–H and O–H groups in total. The van der Waals surface area contributed by atoms with Crippen LogP contribution in [-0.4, -0.2) is 72.4 Å². The van der Waals surface area contributed by atoms with Crippen molar-refractivity contribution in [2.45, 2.75) is 18.9 Å². The molecular weight excluding hydrogens is 222 g/mol. The fourth-order valence-corrected chi connectivity index (χ4v) is 1.48. The largest absolute Gasteiger partial charge is 0.395 e. The van der Waals surface area contributed by atoms with Crippen molar-refractivity contribution in [1.82, 2.24) is 4.90 Å². The maximum absolute atomic E-state index is 9.68. The van der Waals surface area contributed by atoms with Crippen LogP contribution in [0.3, 0.4) is 0 Å². The molecule has 0 saturated heterocycles. The zero-order chi connectivity index (χ0) is 12.9. The number of nitrogens with zero attached hydrogens (tertiary/aromatic N) is 1. The van der Waals surface area contributed by atoms with Crippen LogP contribution in [0.5, 0.6) is 0 Å². The summed E-state index contributed by atoms with van der Waals surface area (Å²) in [5.74, 6) is 0. The Bertz CT molecular complexity index is 172. The summed E-state index contributed by atoms with van der Waals surface area (Å²) in [6.45, 7) is 5.86. The highest BCUT2D eigenvalue weighted by Crippen LogP contribution is 1.96. The second-order valence-electron chi connectivity index (χ2n) is 3.91. The van der Waals surface area contributed by atoms with E-state index in [4.69, 9.17) is 14.9 Å². The standard InChI is InChI=1S/C12H25NO4/c1-2-3-4-9-17-11-12(16)10-13(5-7-14)6-8-15/h2,12,14-16H,1,3-11H2. The molecule has 1 unspecified atom stereocenters. The van der Waals surface area contributed by atoms with Gasteiger partial charge in [0.1, 0.15) is 0 Å². The molecule has 0 aliphatic carbocycles. The Labute approximate surface area is 103 Å². The summed E-state index contributed by atoms with van der Waals surface area (Å²) in [5.41, 5.74) is 0. The van der Waals surface area contributed by atoms with Crippen LogP contribution in [0.15, 0.2) is 12.7 Å². The van der Waals surface area contributed by atoms with E-state index < -0.39 is 6.10 Å². The molecule has 0 heterocycles. The third-order valence-corrected chi connectivity index (χ3v) is 2.31. The van der Waals surface area contributed by atoms with Crippen LogP contribution < -0.4 is 0 Å². The van der Waals surface area contributed by atoms with Gasteiger partial charge in [0.25, 0.3) is 0 Å². The van der Waals surface area contributed by atoms with Crippen LogP contribution >= 0.6 is 0 Å². The lowest BCUT2D eigenvalue weighted by atomic mass is 10.3. The molecular formula is C12H25NO4. The molecule has 0 aromatic rings. The van der Waals surface area contributed by atoms with Gasteiger partial charge in [-0.3, -0.25) is 4.90 Å². The van der Waals surface area contributed by atoms with Crippen LogP contribution in [0.4, 0.5) is 0 Å². The second-order valence-corrected chi connectivity index (χ2v) is 3.91. The molecule has 17 heavy (non-hydrogen) atoms. The molecule has 0 aromatic carbocycles. The highest BCUT2D eigenvalue weighted by molar-refractivity contribution is 4.66. The lowest BCUT2D eigenvalue weighted by Gasteiger charge is -2.23. The molecule has 0 radical (unpaired) electrons. The average molecular weight is 247 g/mol. The van der Waals surface area contributed by atoms with Gasteiger partial charge < -0.3 is 20.1 Å². The van der Waals surface area contributed by atoms with E-state index in [9.17, 15) is 5.11 Å². The molecule has 5 heteroatoms. The molecule has 0 spiro atoms. The Morgan fingerprint density at radius 2 is 1.88 bits per heavy atom. The van der Waals surface area contributed by atoms with Gasteiger partial charge in [0, 0.05) is 26.2 Å². The Morgan fingerprint density at radius 3 is 2.41 bits per heavy atom. The molecule has 0 aliphatic rings. The quantitative estimate of drug-likeness (QED) is 0.324. The van der Waals surface area contributed by atoms with Crippen molar-refractivity contribution in [3.63, 3.8) is 0 Å². The SMILES string of the molecule is C=CCCCOCC(O)CN(CCO)CCO. The number of aliphatic hydroxyl groups is 3. The van der Waals surface area contributed by atoms with E-state index in [2.05, 4.69) is 6.58 Å². The van der Waals surface area contributed by atoms with Gasteiger partial charge in [0.15, 0.2) is 0 Å². The molecule has 5 nitrogen and oxygen atoms in total. The highest BCUT2D eigenvalue weighted by atomic mass is 16.5. The van der Waals surface area contributed by atoms with Gasteiger partial charge in [-0.15, -0.1) is 6.58 Å². The van der Waals surface area contributed by atoms with E-state index in [1.54, 1.807) is 4.90 Å². The molecule has 0 rings (SSSR count). The van der Waals surface area contributed by atoms with E-state index in [0.717, 1.165) is 12.8 Å². The zero-order valence-corrected chi connectivity index (χ0v) is 10.4. The van der Waals surface area contributed by atoms with E-state index >= 15 is 0 Å².